The zero-order valence-electron chi connectivity index (χ0n) is 6.55. The third kappa shape index (κ3) is 7.84. The van der Waals surface area contributed by atoms with Gasteiger partial charge in [0.2, 0.25) is 0 Å². The van der Waals surface area contributed by atoms with E-state index in [1.54, 1.807) is 0 Å². The zero-order valence-corrected chi connectivity index (χ0v) is 6.55. The van der Waals surface area contributed by atoms with Gasteiger partial charge in [0.05, 0.1) is 13.7 Å². The molecular weight excluding hydrogens is 134 g/mol. The molecule has 0 aromatic heterocycles. The average Bonchev–Trinajstić information content (AvgIpc) is 1.87. The molecule has 0 heterocycles. The van der Waals surface area contributed by atoms with E-state index in [-0.39, 0.29) is 5.23 Å². The van der Waals surface area contributed by atoms with Crippen molar-refractivity contribution in [3.05, 3.63) is 5.21 Å². The molecule has 0 saturated heterocycles. The molecule has 0 aliphatic heterocycles. The molecule has 0 spiro atoms. The normalized spacial score (nSPS) is 13.5. The molecule has 1 N–H and O–H groups in total. The third-order valence-corrected chi connectivity index (χ3v) is 0.881. The van der Waals surface area contributed by atoms with Gasteiger partial charge in [0.15, 0.2) is 0 Å². The molecule has 0 aliphatic carbocycles. The van der Waals surface area contributed by atoms with Crippen LogP contribution < -0.4 is 5.23 Å². The molecule has 4 heteroatoms. The van der Waals surface area contributed by atoms with Crippen LogP contribution in [0.15, 0.2) is 0 Å². The molecule has 10 heavy (non-hydrogen) atoms. The minimum Gasteiger partial charge on any atom is -0.600 e. The van der Waals surface area contributed by atoms with Crippen LogP contribution in [0.5, 0.6) is 0 Å². The maximum Gasteiger partial charge on any atom is 0.130 e. The van der Waals surface area contributed by atoms with E-state index >= 15 is 0 Å². The number of nitrogens with one attached hydrogen (secondary N) is 1. The van der Waals surface area contributed by atoms with Crippen molar-refractivity contribution in [2.24, 2.45) is 0 Å². The van der Waals surface area contributed by atoms with Crippen LogP contribution in [-0.2, 0) is 9.57 Å². The summed E-state index contributed by atoms with van der Waals surface area (Å²) in [5.41, 5.74) is 0. The van der Waals surface area contributed by atoms with E-state index in [0.717, 1.165) is 13.0 Å². The van der Waals surface area contributed by atoms with Crippen LogP contribution in [0.3, 0.4) is 0 Å². The van der Waals surface area contributed by atoms with Gasteiger partial charge in [-0.05, 0) is 6.42 Å². The van der Waals surface area contributed by atoms with Crippen molar-refractivity contribution in [3.8, 4) is 0 Å². The Labute approximate surface area is 61.3 Å². The Morgan fingerprint density at radius 1 is 1.30 bits per heavy atom. The molecule has 0 aromatic carbocycles. The second kappa shape index (κ2) is 6.95. The van der Waals surface area contributed by atoms with E-state index in [1.165, 1.54) is 7.05 Å². The van der Waals surface area contributed by atoms with Crippen LogP contribution >= 0.6 is 0 Å². The van der Waals surface area contributed by atoms with Gasteiger partial charge >= 0.3 is 0 Å². The maximum atomic E-state index is 10.2. The molecule has 0 rings (SSSR count). The molecule has 0 bridgehead atoms. The van der Waals surface area contributed by atoms with Crippen LogP contribution in [0.4, 0.5) is 0 Å². The number of hydroxylamine groups is 2. The first-order chi connectivity index (χ1) is 4.77. The van der Waals surface area contributed by atoms with Gasteiger partial charge in [-0.3, -0.25) is 0 Å². The first-order valence-corrected chi connectivity index (χ1v) is 3.48. The summed E-state index contributed by atoms with van der Waals surface area (Å²) >= 11 is 0. The highest BCUT2D eigenvalue weighted by molar-refractivity contribution is 4.26. The summed E-state index contributed by atoms with van der Waals surface area (Å²) in [6.45, 7) is 3.65. The lowest BCUT2D eigenvalue weighted by Gasteiger charge is -2.13. The third-order valence-electron chi connectivity index (χ3n) is 0.881. The van der Waals surface area contributed by atoms with Gasteiger partial charge in [0, 0.05) is 6.61 Å². The average molecular weight is 149 g/mol. The van der Waals surface area contributed by atoms with Gasteiger partial charge in [-0.2, -0.15) is 0 Å². The highest BCUT2D eigenvalue weighted by atomic mass is 16.9. The van der Waals surface area contributed by atoms with Crippen molar-refractivity contribution in [2.75, 3.05) is 26.9 Å². The van der Waals surface area contributed by atoms with Crippen LogP contribution in [0.2, 0.25) is 0 Å². The highest BCUT2D eigenvalue weighted by Gasteiger charge is 1.89. The summed E-state index contributed by atoms with van der Waals surface area (Å²) in [6, 6.07) is 0. The van der Waals surface area contributed by atoms with Crippen molar-refractivity contribution in [2.45, 2.75) is 13.3 Å². The standard InChI is InChI=1S/C6H15NO3/c1-3-4-9-5-6-10-7(2)8/h7H,3-6H2,1-2H3. The maximum absolute atomic E-state index is 10.2. The summed E-state index contributed by atoms with van der Waals surface area (Å²) in [6.07, 6.45) is 1.00. The van der Waals surface area contributed by atoms with Crippen LogP contribution in [0.25, 0.3) is 0 Å². The Morgan fingerprint density at radius 2 is 2.00 bits per heavy atom. The predicted molar refractivity (Wildman–Crippen MR) is 37.3 cm³/mol. The molecule has 62 valence electrons. The van der Waals surface area contributed by atoms with Gasteiger partial charge in [-0.25, -0.2) is 10.1 Å². The topological polar surface area (TPSA) is 46.0 Å². The van der Waals surface area contributed by atoms with Crippen molar-refractivity contribution in [1.29, 1.82) is 0 Å². The Bertz CT molecular complexity index is 68.0. The Morgan fingerprint density at radius 3 is 2.50 bits per heavy atom. The van der Waals surface area contributed by atoms with Gasteiger partial charge in [-0.15, -0.1) is 0 Å². The second-order valence-electron chi connectivity index (χ2n) is 1.95. The van der Waals surface area contributed by atoms with Gasteiger partial charge in [0.25, 0.3) is 0 Å². The number of hydrogen-bond donors (Lipinski definition) is 1. The number of hydrogen-bond acceptors (Lipinski definition) is 3. The molecule has 4 nitrogen and oxygen atoms in total. The lowest BCUT2D eigenvalue weighted by atomic mass is 10.5. The quantitative estimate of drug-likeness (QED) is 0.403. The summed E-state index contributed by atoms with van der Waals surface area (Å²) in [4.78, 5) is 4.62. The number of ether oxygens (including phenoxy) is 1. The van der Waals surface area contributed by atoms with Crippen molar-refractivity contribution in [1.82, 2.24) is 0 Å². The summed E-state index contributed by atoms with van der Waals surface area (Å²) in [7, 11) is 1.39. The summed E-state index contributed by atoms with van der Waals surface area (Å²) < 4.78 is 5.06. The van der Waals surface area contributed by atoms with Crippen molar-refractivity contribution in [3.63, 3.8) is 0 Å². The lowest BCUT2D eigenvalue weighted by Crippen LogP contribution is -3.02. The van der Waals surface area contributed by atoms with Crippen LogP contribution in [-0.4, -0.2) is 26.9 Å². The molecule has 0 aromatic rings. The molecule has 1 unspecified atom stereocenters. The fourth-order valence-corrected chi connectivity index (χ4v) is 0.491. The van der Waals surface area contributed by atoms with Crippen LogP contribution in [0, 0.1) is 5.21 Å². The minimum absolute atomic E-state index is 0.250. The van der Waals surface area contributed by atoms with E-state index in [9.17, 15) is 5.21 Å². The molecule has 0 saturated carbocycles. The SMILES string of the molecule is CCCOCCO[NH+](C)[O-]. The predicted octanol–water partition coefficient (Wildman–Crippen LogP) is -0.643. The van der Waals surface area contributed by atoms with E-state index in [1.807, 2.05) is 6.92 Å². The summed E-state index contributed by atoms with van der Waals surface area (Å²) in [5, 5.41) is 9.95. The largest absolute Gasteiger partial charge is 0.600 e. The fourth-order valence-electron chi connectivity index (χ4n) is 0.491. The zero-order chi connectivity index (χ0) is 7.82. The first kappa shape index (κ1) is 9.84. The van der Waals surface area contributed by atoms with E-state index in [2.05, 4.69) is 4.84 Å². The molecule has 0 amide bonds. The van der Waals surface area contributed by atoms with Gasteiger partial charge in [0.1, 0.15) is 6.61 Å². The van der Waals surface area contributed by atoms with Gasteiger partial charge in [-0.1, -0.05) is 6.92 Å². The number of quaternary nitrogens is 1. The van der Waals surface area contributed by atoms with Crippen molar-refractivity contribution < 1.29 is 14.8 Å². The van der Waals surface area contributed by atoms with E-state index in [0.29, 0.717) is 13.2 Å². The van der Waals surface area contributed by atoms with E-state index in [4.69, 9.17) is 4.74 Å². The minimum atomic E-state index is -0.250. The summed E-state index contributed by atoms with van der Waals surface area (Å²) in [5.74, 6) is 0. The molecule has 0 aliphatic rings. The molecule has 0 radical (unpaired) electrons. The Hall–Kier alpha value is -0.160. The molecule has 0 fully saturated rings. The van der Waals surface area contributed by atoms with Gasteiger partial charge < -0.3 is 9.94 Å². The van der Waals surface area contributed by atoms with E-state index < -0.39 is 0 Å². The molecular formula is C6H15NO3. The fraction of sp³-hybridized carbons (Fsp3) is 1.00. The monoisotopic (exact) mass is 149 g/mol. The Kier molecular flexibility index (Phi) is 6.84. The second-order valence-corrected chi connectivity index (χ2v) is 1.95. The smallest absolute Gasteiger partial charge is 0.130 e. The Balaban J connectivity index is 2.77. The highest BCUT2D eigenvalue weighted by Crippen LogP contribution is 1.78. The molecule has 1 atom stereocenters. The van der Waals surface area contributed by atoms with Crippen LogP contribution in [0.1, 0.15) is 13.3 Å². The first-order valence-electron chi connectivity index (χ1n) is 3.48. The number of rotatable bonds is 6. The van der Waals surface area contributed by atoms with Crippen molar-refractivity contribution >= 4 is 0 Å². The lowest BCUT2D eigenvalue weighted by molar-refractivity contribution is -1.04.